The third kappa shape index (κ3) is 3.58. The van der Waals surface area contributed by atoms with Gasteiger partial charge in [0.05, 0.1) is 6.61 Å². The largest absolute Gasteiger partial charge is 0.494 e. The molecule has 0 spiro atoms. The maximum Gasteiger partial charge on any atom is 0.119 e. The smallest absolute Gasteiger partial charge is 0.119 e. The number of rotatable bonds is 5. The quantitative estimate of drug-likeness (QED) is 0.877. The van der Waals surface area contributed by atoms with E-state index in [1.807, 2.05) is 24.3 Å². The molecule has 17 heavy (non-hydrogen) atoms. The topological polar surface area (TPSA) is 35.2 Å². The maximum absolute atomic E-state index is 6.06. The number of ether oxygens (including phenoxy) is 1. The predicted molar refractivity (Wildman–Crippen MR) is 72.5 cm³/mol. The number of nitrogens with two attached hydrogens (primary N) is 1. The minimum Gasteiger partial charge on any atom is -0.494 e. The van der Waals surface area contributed by atoms with E-state index in [9.17, 15) is 0 Å². The van der Waals surface area contributed by atoms with E-state index in [4.69, 9.17) is 10.5 Å². The van der Waals surface area contributed by atoms with Gasteiger partial charge in [0, 0.05) is 17.3 Å². The number of hydrogen-bond acceptors (Lipinski definition) is 3. The number of aryl methyl sites for hydroxylation is 1. The number of hydrogen-bond donors (Lipinski definition) is 1. The molecular formula is C14H17NOS. The third-order valence-corrected chi connectivity index (χ3v) is 3.60. The molecule has 0 aliphatic rings. The van der Waals surface area contributed by atoms with Crippen LogP contribution >= 0.6 is 11.3 Å². The van der Waals surface area contributed by atoms with Crippen molar-refractivity contribution in [3.8, 4) is 5.75 Å². The maximum atomic E-state index is 6.06. The Morgan fingerprint density at radius 2 is 2.18 bits per heavy atom. The molecule has 1 unspecified atom stereocenters. The Morgan fingerprint density at radius 1 is 1.29 bits per heavy atom. The summed E-state index contributed by atoms with van der Waals surface area (Å²) < 4.78 is 5.68. The minimum absolute atomic E-state index is 0.0832. The van der Waals surface area contributed by atoms with Crippen LogP contribution in [0.5, 0.6) is 5.75 Å². The van der Waals surface area contributed by atoms with E-state index in [1.165, 1.54) is 10.4 Å². The van der Waals surface area contributed by atoms with Gasteiger partial charge in [-0.05, 0) is 36.1 Å². The molecule has 1 heterocycles. The summed E-state index contributed by atoms with van der Waals surface area (Å²) in [5.41, 5.74) is 7.28. The molecule has 2 nitrogen and oxygen atoms in total. The second kappa shape index (κ2) is 5.84. The van der Waals surface area contributed by atoms with Crippen LogP contribution in [-0.2, 0) is 0 Å². The Kier molecular flexibility index (Phi) is 4.18. The first kappa shape index (κ1) is 12.1. The van der Waals surface area contributed by atoms with Gasteiger partial charge in [0.2, 0.25) is 0 Å². The minimum atomic E-state index is 0.0832. The fraction of sp³-hybridized carbons (Fsp3) is 0.286. The fourth-order valence-electron chi connectivity index (χ4n) is 1.65. The van der Waals surface area contributed by atoms with Gasteiger partial charge in [0.25, 0.3) is 0 Å². The highest BCUT2D eigenvalue weighted by molar-refractivity contribution is 7.10. The van der Waals surface area contributed by atoms with Gasteiger partial charge in [-0.1, -0.05) is 18.2 Å². The van der Waals surface area contributed by atoms with Crippen molar-refractivity contribution >= 4 is 11.3 Å². The average molecular weight is 247 g/mol. The van der Waals surface area contributed by atoms with Gasteiger partial charge in [-0.2, -0.15) is 0 Å². The van der Waals surface area contributed by atoms with Gasteiger partial charge in [0.1, 0.15) is 5.75 Å². The summed E-state index contributed by atoms with van der Waals surface area (Å²) in [6.45, 7) is 2.72. The van der Waals surface area contributed by atoms with E-state index in [0.29, 0.717) is 6.61 Å². The lowest BCUT2D eigenvalue weighted by atomic mass is 10.2. The van der Waals surface area contributed by atoms with Gasteiger partial charge in [0.15, 0.2) is 0 Å². The lowest BCUT2D eigenvalue weighted by molar-refractivity contribution is 0.299. The Balaban J connectivity index is 1.80. The van der Waals surface area contributed by atoms with Crippen LogP contribution in [0, 0.1) is 6.92 Å². The van der Waals surface area contributed by atoms with Crippen LogP contribution < -0.4 is 10.5 Å². The molecule has 90 valence electrons. The van der Waals surface area contributed by atoms with E-state index in [1.54, 1.807) is 11.3 Å². The normalized spacial score (nSPS) is 12.4. The highest BCUT2D eigenvalue weighted by atomic mass is 32.1. The van der Waals surface area contributed by atoms with E-state index >= 15 is 0 Å². The van der Waals surface area contributed by atoms with Crippen molar-refractivity contribution < 1.29 is 4.74 Å². The third-order valence-electron chi connectivity index (χ3n) is 2.60. The number of benzene rings is 1. The van der Waals surface area contributed by atoms with Crippen molar-refractivity contribution in [3.05, 3.63) is 52.2 Å². The Hall–Kier alpha value is -1.32. The SMILES string of the molecule is Cc1cccc(OCCC(N)c2cccs2)c1. The first-order chi connectivity index (χ1) is 8.25. The molecule has 1 aromatic heterocycles. The molecule has 0 saturated carbocycles. The van der Waals surface area contributed by atoms with Crippen LogP contribution in [0.15, 0.2) is 41.8 Å². The van der Waals surface area contributed by atoms with Gasteiger partial charge in [-0.15, -0.1) is 11.3 Å². The van der Waals surface area contributed by atoms with Crippen LogP contribution in [-0.4, -0.2) is 6.61 Å². The van der Waals surface area contributed by atoms with Crippen molar-refractivity contribution in [2.75, 3.05) is 6.61 Å². The molecule has 2 rings (SSSR count). The van der Waals surface area contributed by atoms with Crippen molar-refractivity contribution in [2.24, 2.45) is 5.73 Å². The Labute approximate surface area is 106 Å². The first-order valence-corrected chi connectivity index (χ1v) is 6.62. The van der Waals surface area contributed by atoms with Gasteiger partial charge in [-0.3, -0.25) is 0 Å². The van der Waals surface area contributed by atoms with E-state index < -0.39 is 0 Å². The molecule has 1 atom stereocenters. The summed E-state index contributed by atoms with van der Waals surface area (Å²) in [6.07, 6.45) is 0.842. The van der Waals surface area contributed by atoms with E-state index in [-0.39, 0.29) is 6.04 Å². The second-order valence-electron chi connectivity index (χ2n) is 4.08. The molecule has 0 amide bonds. The molecule has 0 bridgehead atoms. The Morgan fingerprint density at radius 3 is 2.88 bits per heavy atom. The number of thiophene rings is 1. The zero-order valence-corrected chi connectivity index (χ0v) is 10.7. The van der Waals surface area contributed by atoms with Crippen molar-refractivity contribution in [1.82, 2.24) is 0 Å². The molecule has 0 aliphatic carbocycles. The van der Waals surface area contributed by atoms with Crippen molar-refractivity contribution in [2.45, 2.75) is 19.4 Å². The van der Waals surface area contributed by atoms with Crippen LogP contribution in [0.25, 0.3) is 0 Å². The molecule has 0 saturated heterocycles. The lowest BCUT2D eigenvalue weighted by Gasteiger charge is -2.11. The zero-order chi connectivity index (χ0) is 12.1. The summed E-state index contributed by atoms with van der Waals surface area (Å²) >= 11 is 1.70. The lowest BCUT2D eigenvalue weighted by Crippen LogP contribution is -2.12. The molecule has 1 aromatic carbocycles. The summed E-state index contributed by atoms with van der Waals surface area (Å²) in [5, 5.41) is 2.05. The highest BCUT2D eigenvalue weighted by Crippen LogP contribution is 2.20. The summed E-state index contributed by atoms with van der Waals surface area (Å²) in [7, 11) is 0. The van der Waals surface area contributed by atoms with Crippen molar-refractivity contribution in [3.63, 3.8) is 0 Å². The summed E-state index contributed by atoms with van der Waals surface area (Å²) in [5.74, 6) is 0.920. The fourth-order valence-corrected chi connectivity index (χ4v) is 2.42. The van der Waals surface area contributed by atoms with Crippen LogP contribution in [0.1, 0.15) is 22.9 Å². The van der Waals surface area contributed by atoms with Crippen molar-refractivity contribution in [1.29, 1.82) is 0 Å². The summed E-state index contributed by atoms with van der Waals surface area (Å²) in [6, 6.07) is 12.3. The molecule has 0 radical (unpaired) electrons. The Bertz CT molecular complexity index is 453. The van der Waals surface area contributed by atoms with E-state index in [0.717, 1.165) is 12.2 Å². The van der Waals surface area contributed by atoms with Crippen LogP contribution in [0.2, 0.25) is 0 Å². The molecule has 3 heteroatoms. The van der Waals surface area contributed by atoms with Crippen LogP contribution in [0.3, 0.4) is 0 Å². The average Bonchev–Trinajstić information content (AvgIpc) is 2.82. The van der Waals surface area contributed by atoms with E-state index in [2.05, 4.69) is 24.4 Å². The zero-order valence-electron chi connectivity index (χ0n) is 9.93. The first-order valence-electron chi connectivity index (χ1n) is 5.74. The highest BCUT2D eigenvalue weighted by Gasteiger charge is 2.06. The standard InChI is InChI=1S/C14H17NOS/c1-11-4-2-5-12(10-11)16-8-7-13(15)14-6-3-9-17-14/h2-6,9-10,13H,7-8,15H2,1H3. The van der Waals surface area contributed by atoms with Gasteiger partial charge < -0.3 is 10.5 Å². The van der Waals surface area contributed by atoms with Gasteiger partial charge in [-0.25, -0.2) is 0 Å². The predicted octanol–water partition coefficient (Wildman–Crippen LogP) is 3.53. The monoisotopic (exact) mass is 247 g/mol. The molecule has 2 N–H and O–H groups in total. The molecule has 2 aromatic rings. The second-order valence-corrected chi connectivity index (χ2v) is 5.05. The molecular weight excluding hydrogens is 230 g/mol. The molecule has 0 aliphatic heterocycles. The van der Waals surface area contributed by atoms with Gasteiger partial charge >= 0.3 is 0 Å². The molecule has 0 fully saturated rings. The van der Waals surface area contributed by atoms with Crippen LogP contribution in [0.4, 0.5) is 0 Å². The summed E-state index contributed by atoms with van der Waals surface area (Å²) in [4.78, 5) is 1.22.